The summed E-state index contributed by atoms with van der Waals surface area (Å²) in [5.41, 5.74) is -1.65. The van der Waals surface area contributed by atoms with E-state index in [1.54, 1.807) is 60.7 Å². The van der Waals surface area contributed by atoms with Crippen LogP contribution in [0.5, 0.6) is 0 Å². The molecule has 1 fully saturated rings. The summed E-state index contributed by atoms with van der Waals surface area (Å²) in [4.78, 5) is 12.9. The number of aliphatic hydroxyl groups is 1. The highest BCUT2D eigenvalue weighted by atomic mass is 35.5. The van der Waals surface area contributed by atoms with Crippen molar-refractivity contribution in [2.75, 3.05) is 6.61 Å². The number of benzene rings is 2. The van der Waals surface area contributed by atoms with Crippen LogP contribution in [0.25, 0.3) is 10.4 Å². The molecule has 6 nitrogen and oxygen atoms in total. The normalized spacial score (nSPS) is 23.3. The largest absolute Gasteiger partial charge is 0.480 e. The van der Waals surface area contributed by atoms with E-state index in [-0.39, 0.29) is 10.6 Å². The van der Waals surface area contributed by atoms with Crippen molar-refractivity contribution in [3.05, 3.63) is 77.3 Å². The van der Waals surface area contributed by atoms with E-state index in [2.05, 4.69) is 4.72 Å². The Kier molecular flexibility index (Phi) is 5.24. The van der Waals surface area contributed by atoms with Crippen molar-refractivity contribution in [2.45, 2.75) is 21.6 Å². The molecule has 1 aromatic heterocycles. The highest BCUT2D eigenvalue weighted by molar-refractivity contribution is 7.91. The van der Waals surface area contributed by atoms with Crippen LogP contribution in [0.15, 0.2) is 70.9 Å². The van der Waals surface area contributed by atoms with Gasteiger partial charge in [-0.2, -0.15) is 4.72 Å². The minimum absolute atomic E-state index is 0.000114. The van der Waals surface area contributed by atoms with E-state index < -0.39 is 33.6 Å². The molecule has 0 bridgehead atoms. The number of hydrogen-bond donors (Lipinski definition) is 3. The molecule has 4 rings (SSSR count). The van der Waals surface area contributed by atoms with E-state index >= 15 is 0 Å². The lowest BCUT2D eigenvalue weighted by atomic mass is 9.91. The molecule has 0 aliphatic heterocycles. The number of thiophene rings is 1. The van der Waals surface area contributed by atoms with Crippen LogP contribution in [0.1, 0.15) is 12.0 Å². The number of sulfonamides is 1. The third kappa shape index (κ3) is 3.34. The zero-order chi connectivity index (χ0) is 21.6. The molecule has 30 heavy (non-hydrogen) atoms. The molecule has 1 aliphatic rings. The van der Waals surface area contributed by atoms with Crippen LogP contribution in [-0.2, 0) is 20.2 Å². The summed E-state index contributed by atoms with van der Waals surface area (Å²) < 4.78 is 28.5. The predicted octanol–water partition coefficient (Wildman–Crippen LogP) is 3.50. The molecule has 3 aromatic rings. The number of carboxylic acids is 1. The van der Waals surface area contributed by atoms with Gasteiger partial charge in [-0.15, -0.1) is 11.3 Å². The minimum Gasteiger partial charge on any atom is -0.480 e. The van der Waals surface area contributed by atoms with Gasteiger partial charge in [0.2, 0.25) is 0 Å². The number of carboxylic acid groups (broad SMARTS) is 1. The maximum Gasteiger partial charge on any atom is 0.325 e. The summed E-state index contributed by atoms with van der Waals surface area (Å²) in [5.74, 6) is -1.32. The molecular formula is C21H18ClNO5S2. The fourth-order valence-corrected chi connectivity index (χ4v) is 6.63. The molecule has 1 aliphatic carbocycles. The second kappa shape index (κ2) is 7.47. The Morgan fingerprint density at radius 1 is 1.07 bits per heavy atom. The van der Waals surface area contributed by atoms with Gasteiger partial charge in [0.05, 0.1) is 12.0 Å². The smallest absolute Gasteiger partial charge is 0.325 e. The first-order chi connectivity index (χ1) is 14.2. The molecule has 1 saturated carbocycles. The topological polar surface area (TPSA) is 104 Å². The van der Waals surface area contributed by atoms with E-state index in [0.29, 0.717) is 15.5 Å². The van der Waals surface area contributed by atoms with Gasteiger partial charge in [0, 0.05) is 9.90 Å². The number of carbonyl (C=O) groups is 1. The number of nitrogens with one attached hydrogen (secondary N) is 1. The Balaban J connectivity index is 1.67. The van der Waals surface area contributed by atoms with Gasteiger partial charge in [-0.05, 0) is 41.8 Å². The Labute approximate surface area is 182 Å². The third-order valence-electron chi connectivity index (χ3n) is 5.50. The molecule has 9 heteroatoms. The number of aliphatic hydroxyl groups excluding tert-OH is 1. The highest BCUT2D eigenvalue weighted by Crippen LogP contribution is 2.58. The van der Waals surface area contributed by atoms with E-state index in [1.807, 2.05) is 0 Å². The van der Waals surface area contributed by atoms with Gasteiger partial charge in [-0.3, -0.25) is 4.79 Å². The molecule has 0 saturated heterocycles. The summed E-state index contributed by atoms with van der Waals surface area (Å²) in [6.07, 6.45) is -0.0372. The zero-order valence-corrected chi connectivity index (χ0v) is 18.0. The van der Waals surface area contributed by atoms with E-state index in [1.165, 1.54) is 6.07 Å². The van der Waals surface area contributed by atoms with Crippen LogP contribution in [0.3, 0.4) is 0 Å². The fraction of sp³-hybridized carbons (Fsp3) is 0.190. The number of aliphatic carboxylic acids is 1. The van der Waals surface area contributed by atoms with Crippen LogP contribution in [-0.4, -0.2) is 36.7 Å². The quantitative estimate of drug-likeness (QED) is 0.497. The maximum absolute atomic E-state index is 13.1. The van der Waals surface area contributed by atoms with Crippen LogP contribution in [0.4, 0.5) is 0 Å². The fourth-order valence-electron chi connectivity index (χ4n) is 3.77. The molecule has 156 valence electrons. The molecule has 0 radical (unpaired) electrons. The van der Waals surface area contributed by atoms with E-state index in [0.717, 1.165) is 16.9 Å². The summed E-state index contributed by atoms with van der Waals surface area (Å²) >= 11 is 6.93. The SMILES string of the molecule is O=C(O)C1(NS(=O)(=O)c2ccc(-c3ccc(Cl)cc3)s2)C[C@@]1(CO)c1ccccc1. The summed E-state index contributed by atoms with van der Waals surface area (Å²) in [6, 6.07) is 18.7. The zero-order valence-electron chi connectivity index (χ0n) is 15.6. The first-order valence-corrected chi connectivity index (χ1v) is 11.7. The van der Waals surface area contributed by atoms with Crippen molar-refractivity contribution in [3.63, 3.8) is 0 Å². The number of hydrogen-bond acceptors (Lipinski definition) is 5. The van der Waals surface area contributed by atoms with Crippen LogP contribution in [0, 0.1) is 0 Å². The molecule has 2 aromatic carbocycles. The summed E-state index contributed by atoms with van der Waals surface area (Å²) in [5, 5.41) is 20.5. The maximum atomic E-state index is 13.1. The lowest BCUT2D eigenvalue weighted by Gasteiger charge is -2.22. The van der Waals surface area contributed by atoms with E-state index in [4.69, 9.17) is 11.6 Å². The molecule has 1 unspecified atom stereocenters. The Morgan fingerprint density at radius 3 is 2.33 bits per heavy atom. The van der Waals surface area contributed by atoms with Gasteiger partial charge in [0.1, 0.15) is 9.75 Å². The van der Waals surface area contributed by atoms with Crippen molar-refractivity contribution in [1.82, 2.24) is 4.72 Å². The van der Waals surface area contributed by atoms with Gasteiger partial charge in [-0.1, -0.05) is 54.1 Å². The van der Waals surface area contributed by atoms with Gasteiger partial charge in [0.25, 0.3) is 10.0 Å². The first-order valence-electron chi connectivity index (χ1n) is 9.04. The summed E-state index contributed by atoms with van der Waals surface area (Å²) in [7, 11) is -4.13. The highest BCUT2D eigenvalue weighted by Gasteiger charge is 2.74. The number of rotatable bonds is 7. The van der Waals surface area contributed by atoms with E-state index in [9.17, 15) is 23.4 Å². The average molecular weight is 464 g/mol. The molecule has 3 N–H and O–H groups in total. The molecule has 0 spiro atoms. The van der Waals surface area contributed by atoms with Crippen molar-refractivity contribution >= 4 is 38.9 Å². The standard InChI is InChI=1S/C21H18ClNO5S2/c22-16-8-6-14(7-9-16)17-10-11-18(29-17)30(27,28)23-21(19(25)26)12-20(21,13-24)15-4-2-1-3-5-15/h1-11,23-24H,12-13H2,(H,25,26)/t20-,21?/m1/s1. The van der Waals surface area contributed by atoms with Crippen molar-refractivity contribution in [1.29, 1.82) is 0 Å². The summed E-state index contributed by atoms with van der Waals surface area (Å²) in [6.45, 7) is -0.494. The van der Waals surface area contributed by atoms with Gasteiger partial charge in [-0.25, -0.2) is 8.42 Å². The monoisotopic (exact) mass is 463 g/mol. The van der Waals surface area contributed by atoms with Gasteiger partial charge >= 0.3 is 5.97 Å². The van der Waals surface area contributed by atoms with Crippen molar-refractivity contribution in [3.8, 4) is 10.4 Å². The second-order valence-electron chi connectivity index (χ2n) is 7.22. The Hall–Kier alpha value is -2.23. The minimum atomic E-state index is -4.13. The van der Waals surface area contributed by atoms with Crippen molar-refractivity contribution in [2.24, 2.45) is 0 Å². The van der Waals surface area contributed by atoms with Crippen molar-refractivity contribution < 1.29 is 23.4 Å². The second-order valence-corrected chi connectivity index (χ2v) is 10.7. The Morgan fingerprint density at radius 2 is 1.73 bits per heavy atom. The predicted molar refractivity (Wildman–Crippen MR) is 115 cm³/mol. The molecular weight excluding hydrogens is 446 g/mol. The molecule has 0 amide bonds. The molecule has 2 atom stereocenters. The van der Waals surface area contributed by atoms with Crippen LogP contribution in [0.2, 0.25) is 5.02 Å². The van der Waals surface area contributed by atoms with Gasteiger partial charge in [0.15, 0.2) is 0 Å². The average Bonchev–Trinajstić information content (AvgIpc) is 3.12. The lowest BCUT2D eigenvalue weighted by molar-refractivity contribution is -0.141. The molecule has 1 heterocycles. The number of halogens is 1. The van der Waals surface area contributed by atoms with Crippen LogP contribution >= 0.6 is 22.9 Å². The van der Waals surface area contributed by atoms with Gasteiger partial charge < -0.3 is 10.2 Å². The lowest BCUT2D eigenvalue weighted by Crippen LogP contribution is -2.49. The first kappa shape index (κ1) is 21.0. The third-order valence-corrected chi connectivity index (χ3v) is 8.88. The Bertz CT molecular complexity index is 1190. The van der Waals surface area contributed by atoms with Crippen LogP contribution < -0.4 is 4.72 Å².